The van der Waals surface area contributed by atoms with E-state index in [0.29, 0.717) is 4.90 Å². The molecule has 0 aromatic heterocycles. The van der Waals surface area contributed by atoms with Crippen molar-refractivity contribution < 1.29 is 13.2 Å². The number of allylic oxidation sites excluding steroid dienone is 1. The minimum atomic E-state index is -4.19. The van der Waals surface area contributed by atoms with E-state index >= 15 is 0 Å². The second-order valence-electron chi connectivity index (χ2n) is 2.99. The third-order valence-electron chi connectivity index (χ3n) is 1.77. The van der Waals surface area contributed by atoms with Gasteiger partial charge in [-0.15, -0.1) is 18.3 Å². The Balaban J connectivity index is 2.71. The van der Waals surface area contributed by atoms with Gasteiger partial charge in [0.2, 0.25) is 0 Å². The molecule has 0 aliphatic heterocycles. The van der Waals surface area contributed by atoms with Crippen molar-refractivity contribution in [3.63, 3.8) is 0 Å². The second kappa shape index (κ2) is 5.26. The normalized spacial score (nSPS) is 13.5. The molecule has 0 bridgehead atoms. The van der Waals surface area contributed by atoms with Crippen LogP contribution in [0.5, 0.6) is 0 Å². The van der Waals surface area contributed by atoms with E-state index in [4.69, 9.17) is 0 Å². The highest BCUT2D eigenvalue weighted by molar-refractivity contribution is 8.00. The molecule has 0 aliphatic carbocycles. The van der Waals surface area contributed by atoms with Crippen LogP contribution in [0.3, 0.4) is 0 Å². The van der Waals surface area contributed by atoms with Crippen LogP contribution >= 0.6 is 11.8 Å². The fourth-order valence-corrected chi connectivity index (χ4v) is 2.07. The van der Waals surface area contributed by atoms with Gasteiger partial charge in [-0.25, -0.2) is 0 Å². The van der Waals surface area contributed by atoms with Gasteiger partial charge in [0.05, 0.1) is 0 Å². The van der Waals surface area contributed by atoms with E-state index in [9.17, 15) is 13.2 Å². The third kappa shape index (κ3) is 4.00. The highest BCUT2D eigenvalue weighted by Gasteiger charge is 2.39. The van der Waals surface area contributed by atoms with Crippen molar-refractivity contribution in [3.05, 3.63) is 43.0 Å². The number of rotatable bonds is 4. The average molecular weight is 232 g/mol. The summed E-state index contributed by atoms with van der Waals surface area (Å²) in [6, 6.07) is 8.58. The summed E-state index contributed by atoms with van der Waals surface area (Å²) in [5.74, 6) is 0. The van der Waals surface area contributed by atoms with E-state index in [1.165, 1.54) is 6.08 Å². The summed E-state index contributed by atoms with van der Waals surface area (Å²) in [7, 11) is 0. The highest BCUT2D eigenvalue weighted by atomic mass is 32.2. The van der Waals surface area contributed by atoms with Gasteiger partial charge in [-0.2, -0.15) is 13.2 Å². The van der Waals surface area contributed by atoms with Crippen LogP contribution in [0.2, 0.25) is 0 Å². The first-order valence-electron chi connectivity index (χ1n) is 4.43. The summed E-state index contributed by atoms with van der Waals surface area (Å²) in [4.78, 5) is 0.627. The molecule has 0 nitrogen and oxygen atoms in total. The Morgan fingerprint density at radius 3 is 2.33 bits per heavy atom. The Morgan fingerprint density at radius 1 is 1.27 bits per heavy atom. The Labute approximate surface area is 91.2 Å². The molecule has 0 N–H and O–H groups in total. The fraction of sp³-hybridized carbons (Fsp3) is 0.273. The largest absolute Gasteiger partial charge is 0.401 e. The van der Waals surface area contributed by atoms with Gasteiger partial charge in [0.1, 0.15) is 5.25 Å². The van der Waals surface area contributed by atoms with E-state index in [1.54, 1.807) is 30.3 Å². The summed E-state index contributed by atoms with van der Waals surface area (Å²) in [5, 5.41) is -1.41. The van der Waals surface area contributed by atoms with E-state index in [0.717, 1.165) is 11.8 Å². The molecule has 1 aromatic carbocycles. The maximum absolute atomic E-state index is 12.5. The summed E-state index contributed by atoms with van der Waals surface area (Å²) in [6.07, 6.45) is -2.95. The molecule has 0 radical (unpaired) electrons. The lowest BCUT2D eigenvalue weighted by atomic mass is 10.3. The minimum Gasteiger partial charge on any atom is -0.170 e. The lowest BCUT2D eigenvalue weighted by Gasteiger charge is -2.18. The molecule has 4 heteroatoms. The zero-order valence-electron chi connectivity index (χ0n) is 8.00. The molecule has 15 heavy (non-hydrogen) atoms. The molecule has 1 unspecified atom stereocenters. The van der Waals surface area contributed by atoms with Crippen LogP contribution in [0.15, 0.2) is 47.9 Å². The van der Waals surface area contributed by atoms with Crippen molar-refractivity contribution in [1.29, 1.82) is 0 Å². The predicted octanol–water partition coefficient (Wildman–Crippen LogP) is 4.29. The lowest BCUT2D eigenvalue weighted by molar-refractivity contribution is -0.127. The average Bonchev–Trinajstić information content (AvgIpc) is 2.17. The number of hydrogen-bond acceptors (Lipinski definition) is 1. The number of alkyl halides is 3. The summed E-state index contributed by atoms with van der Waals surface area (Å²) in [5.41, 5.74) is 0. The van der Waals surface area contributed by atoms with Crippen LogP contribution in [0.4, 0.5) is 13.2 Å². The van der Waals surface area contributed by atoms with Crippen LogP contribution in [-0.4, -0.2) is 11.4 Å². The van der Waals surface area contributed by atoms with Gasteiger partial charge in [0.25, 0.3) is 0 Å². The van der Waals surface area contributed by atoms with Crippen molar-refractivity contribution in [2.75, 3.05) is 0 Å². The van der Waals surface area contributed by atoms with Gasteiger partial charge in [-0.1, -0.05) is 24.3 Å². The van der Waals surface area contributed by atoms with Crippen LogP contribution in [-0.2, 0) is 0 Å². The molecule has 0 saturated carbocycles. The van der Waals surface area contributed by atoms with Gasteiger partial charge >= 0.3 is 6.18 Å². The maximum atomic E-state index is 12.5. The van der Waals surface area contributed by atoms with E-state index in [-0.39, 0.29) is 6.42 Å². The fourth-order valence-electron chi connectivity index (χ4n) is 1.06. The smallest absolute Gasteiger partial charge is 0.170 e. The van der Waals surface area contributed by atoms with Crippen LogP contribution in [0.1, 0.15) is 6.42 Å². The van der Waals surface area contributed by atoms with Gasteiger partial charge in [0.15, 0.2) is 0 Å². The Bertz CT molecular complexity index is 305. The summed E-state index contributed by atoms with van der Waals surface area (Å²) in [6.45, 7) is 3.34. The monoisotopic (exact) mass is 232 g/mol. The molecular formula is C11H11F3S. The van der Waals surface area contributed by atoms with E-state index < -0.39 is 11.4 Å². The first-order valence-corrected chi connectivity index (χ1v) is 5.31. The SMILES string of the molecule is C=CCC(Sc1ccccc1)C(F)(F)F. The van der Waals surface area contributed by atoms with Crippen molar-refractivity contribution in [1.82, 2.24) is 0 Å². The molecule has 0 amide bonds. The molecule has 1 rings (SSSR count). The first-order chi connectivity index (χ1) is 7.04. The second-order valence-corrected chi connectivity index (χ2v) is 4.26. The van der Waals surface area contributed by atoms with Gasteiger partial charge < -0.3 is 0 Å². The number of thioether (sulfide) groups is 1. The van der Waals surface area contributed by atoms with Crippen molar-refractivity contribution in [2.24, 2.45) is 0 Å². The van der Waals surface area contributed by atoms with Crippen LogP contribution < -0.4 is 0 Å². The molecule has 0 saturated heterocycles. The Morgan fingerprint density at radius 2 is 1.87 bits per heavy atom. The zero-order chi connectivity index (χ0) is 11.3. The molecule has 1 aromatic rings. The zero-order valence-corrected chi connectivity index (χ0v) is 8.81. The molecule has 0 fully saturated rings. The van der Waals surface area contributed by atoms with Gasteiger partial charge in [-0.3, -0.25) is 0 Å². The maximum Gasteiger partial charge on any atom is 0.401 e. The summed E-state index contributed by atoms with van der Waals surface area (Å²) >= 11 is 0.824. The minimum absolute atomic E-state index is 0.0664. The third-order valence-corrected chi connectivity index (χ3v) is 3.06. The number of halogens is 3. The molecule has 0 aliphatic rings. The summed E-state index contributed by atoms with van der Waals surface area (Å²) < 4.78 is 37.6. The Hall–Kier alpha value is -0.900. The molecule has 0 heterocycles. The number of benzene rings is 1. The molecule has 1 atom stereocenters. The van der Waals surface area contributed by atoms with E-state index in [2.05, 4.69) is 6.58 Å². The topological polar surface area (TPSA) is 0 Å². The standard InChI is InChI=1S/C11H11F3S/c1-2-6-10(11(12,13)14)15-9-7-4-3-5-8-9/h2-5,7-8,10H,1,6H2. The molecular weight excluding hydrogens is 221 g/mol. The van der Waals surface area contributed by atoms with Crippen LogP contribution in [0.25, 0.3) is 0 Å². The molecule has 0 spiro atoms. The predicted molar refractivity (Wildman–Crippen MR) is 57.0 cm³/mol. The lowest BCUT2D eigenvalue weighted by Crippen LogP contribution is -2.24. The Kier molecular flexibility index (Phi) is 4.27. The van der Waals surface area contributed by atoms with E-state index in [1.807, 2.05) is 0 Å². The quantitative estimate of drug-likeness (QED) is 0.551. The van der Waals surface area contributed by atoms with Gasteiger partial charge in [-0.05, 0) is 18.6 Å². The van der Waals surface area contributed by atoms with Crippen molar-refractivity contribution in [2.45, 2.75) is 22.7 Å². The van der Waals surface area contributed by atoms with Crippen molar-refractivity contribution in [3.8, 4) is 0 Å². The highest BCUT2D eigenvalue weighted by Crippen LogP contribution is 2.37. The first kappa shape index (κ1) is 12.2. The van der Waals surface area contributed by atoms with Crippen molar-refractivity contribution >= 4 is 11.8 Å². The molecule has 82 valence electrons. The number of hydrogen-bond donors (Lipinski definition) is 0. The van der Waals surface area contributed by atoms with Gasteiger partial charge in [0, 0.05) is 4.90 Å². The van der Waals surface area contributed by atoms with Crippen LogP contribution in [0, 0.1) is 0 Å².